The number of halogens is 1. The molecule has 1 aromatic carbocycles. The predicted octanol–water partition coefficient (Wildman–Crippen LogP) is 2.12. The number of benzene rings is 1. The van der Waals surface area contributed by atoms with Gasteiger partial charge in [0.05, 0.1) is 4.90 Å². The standard InChI is InChI=1S/C16H21N3O3S2.ClH/c1-16(2,17)11-18-15(20)12-5-7-14(8-6-12)24(21,22)19-10-13-4-3-9-23-13;/h3-9,19H,10-11,17H2,1-2H3,(H,18,20);1H. The van der Waals surface area contributed by atoms with Crippen LogP contribution in [0.2, 0.25) is 0 Å². The Morgan fingerprint density at radius 3 is 2.36 bits per heavy atom. The van der Waals surface area contributed by atoms with Crippen LogP contribution in [0.4, 0.5) is 0 Å². The van der Waals surface area contributed by atoms with Gasteiger partial charge in [-0.05, 0) is 49.6 Å². The molecule has 0 saturated heterocycles. The fourth-order valence-electron chi connectivity index (χ4n) is 1.86. The summed E-state index contributed by atoms with van der Waals surface area (Å²) in [6, 6.07) is 9.53. The van der Waals surface area contributed by atoms with Crippen molar-refractivity contribution in [2.24, 2.45) is 5.73 Å². The van der Waals surface area contributed by atoms with Gasteiger partial charge in [-0.2, -0.15) is 0 Å². The zero-order chi connectivity index (χ0) is 17.8. The first kappa shape index (κ1) is 21.6. The van der Waals surface area contributed by atoms with Gasteiger partial charge >= 0.3 is 0 Å². The third-order valence-corrected chi connectivity index (χ3v) is 5.44. The van der Waals surface area contributed by atoms with E-state index in [1.165, 1.54) is 35.6 Å². The van der Waals surface area contributed by atoms with Gasteiger partial charge in [-0.3, -0.25) is 4.79 Å². The largest absolute Gasteiger partial charge is 0.350 e. The topological polar surface area (TPSA) is 101 Å². The number of hydrogen-bond donors (Lipinski definition) is 3. The number of carbonyl (C=O) groups is 1. The van der Waals surface area contributed by atoms with Crippen molar-refractivity contribution in [3.05, 3.63) is 52.2 Å². The Kier molecular flexibility index (Phi) is 7.58. The number of nitrogens with one attached hydrogen (secondary N) is 2. The number of rotatable bonds is 7. The smallest absolute Gasteiger partial charge is 0.251 e. The highest BCUT2D eigenvalue weighted by atomic mass is 35.5. The lowest BCUT2D eigenvalue weighted by molar-refractivity contribution is 0.0946. The molecule has 0 fully saturated rings. The molecule has 0 unspecified atom stereocenters. The molecule has 0 saturated carbocycles. The van der Waals surface area contributed by atoms with E-state index < -0.39 is 15.6 Å². The first-order valence-electron chi connectivity index (χ1n) is 7.37. The summed E-state index contributed by atoms with van der Waals surface area (Å²) >= 11 is 1.48. The normalized spacial score (nSPS) is 11.6. The Hall–Kier alpha value is -1.45. The molecule has 2 aromatic rings. The molecule has 0 atom stereocenters. The lowest BCUT2D eigenvalue weighted by Crippen LogP contribution is -2.45. The highest BCUT2D eigenvalue weighted by Gasteiger charge is 2.16. The summed E-state index contributed by atoms with van der Waals surface area (Å²) in [7, 11) is -3.61. The average Bonchev–Trinajstić information content (AvgIpc) is 3.04. The number of sulfonamides is 1. The van der Waals surface area contributed by atoms with Crippen LogP contribution in [0.25, 0.3) is 0 Å². The lowest BCUT2D eigenvalue weighted by atomic mass is 10.1. The Morgan fingerprint density at radius 1 is 1.20 bits per heavy atom. The van der Waals surface area contributed by atoms with Crippen molar-refractivity contribution in [3.8, 4) is 0 Å². The van der Waals surface area contributed by atoms with E-state index in [1.807, 2.05) is 31.4 Å². The zero-order valence-electron chi connectivity index (χ0n) is 14.0. The van der Waals surface area contributed by atoms with Crippen molar-refractivity contribution < 1.29 is 13.2 Å². The van der Waals surface area contributed by atoms with Gasteiger partial charge in [0.25, 0.3) is 5.91 Å². The molecule has 9 heteroatoms. The van der Waals surface area contributed by atoms with Crippen molar-refractivity contribution in [2.75, 3.05) is 6.54 Å². The van der Waals surface area contributed by atoms with Gasteiger partial charge in [0.15, 0.2) is 0 Å². The predicted molar refractivity (Wildman–Crippen MR) is 103 cm³/mol. The van der Waals surface area contributed by atoms with Crippen LogP contribution in [0.5, 0.6) is 0 Å². The summed E-state index contributed by atoms with van der Waals surface area (Å²) in [4.78, 5) is 13.1. The summed E-state index contributed by atoms with van der Waals surface area (Å²) in [5.41, 5.74) is 5.69. The molecule has 25 heavy (non-hydrogen) atoms. The van der Waals surface area contributed by atoms with Gasteiger partial charge in [-0.15, -0.1) is 23.7 Å². The van der Waals surface area contributed by atoms with Gasteiger partial charge in [0.2, 0.25) is 10.0 Å². The third kappa shape index (κ3) is 6.75. The van der Waals surface area contributed by atoms with E-state index in [1.54, 1.807) is 0 Å². The molecule has 4 N–H and O–H groups in total. The van der Waals surface area contributed by atoms with Crippen LogP contribution in [-0.4, -0.2) is 26.4 Å². The molecule has 6 nitrogen and oxygen atoms in total. The van der Waals surface area contributed by atoms with Crippen molar-refractivity contribution >= 4 is 39.7 Å². The van der Waals surface area contributed by atoms with E-state index in [0.29, 0.717) is 12.1 Å². The van der Waals surface area contributed by atoms with Gasteiger partial charge in [-0.1, -0.05) is 6.07 Å². The summed E-state index contributed by atoms with van der Waals surface area (Å²) < 4.78 is 27.0. The molecule has 1 aromatic heterocycles. The zero-order valence-corrected chi connectivity index (χ0v) is 16.4. The number of amides is 1. The van der Waals surface area contributed by atoms with Gasteiger partial charge in [0, 0.05) is 29.1 Å². The molecule has 0 aliphatic rings. The van der Waals surface area contributed by atoms with E-state index in [0.717, 1.165) is 4.88 Å². The van der Waals surface area contributed by atoms with Crippen LogP contribution in [0.15, 0.2) is 46.7 Å². The first-order valence-corrected chi connectivity index (χ1v) is 9.73. The van der Waals surface area contributed by atoms with Crippen LogP contribution in [0.3, 0.4) is 0 Å². The molecule has 0 spiro atoms. The van der Waals surface area contributed by atoms with Crippen molar-refractivity contribution in [1.29, 1.82) is 0 Å². The van der Waals surface area contributed by atoms with Crippen molar-refractivity contribution in [2.45, 2.75) is 30.8 Å². The molecule has 0 bridgehead atoms. The van der Waals surface area contributed by atoms with E-state index in [-0.39, 0.29) is 29.8 Å². The van der Waals surface area contributed by atoms with Gasteiger partial charge in [0.1, 0.15) is 0 Å². The third-order valence-electron chi connectivity index (χ3n) is 3.15. The number of carbonyl (C=O) groups excluding carboxylic acids is 1. The maximum Gasteiger partial charge on any atom is 0.251 e. The highest BCUT2D eigenvalue weighted by Crippen LogP contribution is 2.13. The second-order valence-electron chi connectivity index (χ2n) is 6.10. The summed E-state index contributed by atoms with van der Waals surface area (Å²) in [5, 5.41) is 4.60. The molecule has 1 heterocycles. The monoisotopic (exact) mass is 403 g/mol. The van der Waals surface area contributed by atoms with E-state index in [9.17, 15) is 13.2 Å². The van der Waals surface area contributed by atoms with E-state index in [2.05, 4.69) is 10.0 Å². The number of hydrogen-bond acceptors (Lipinski definition) is 5. The summed E-state index contributed by atoms with van der Waals surface area (Å²) in [5.74, 6) is -0.288. The lowest BCUT2D eigenvalue weighted by Gasteiger charge is -2.18. The van der Waals surface area contributed by atoms with Crippen LogP contribution in [0.1, 0.15) is 29.1 Å². The van der Waals surface area contributed by atoms with Gasteiger partial charge < -0.3 is 11.1 Å². The Balaban J connectivity index is 0.00000312. The molecule has 0 aliphatic heterocycles. The minimum absolute atomic E-state index is 0. The molecule has 1 amide bonds. The van der Waals surface area contributed by atoms with Crippen molar-refractivity contribution in [3.63, 3.8) is 0 Å². The SMILES string of the molecule is CC(C)(N)CNC(=O)c1ccc(S(=O)(=O)NCc2cccs2)cc1.Cl. The first-order chi connectivity index (χ1) is 11.2. The molecular formula is C16H22ClN3O3S2. The van der Waals surface area contributed by atoms with Crippen LogP contribution in [0, 0.1) is 0 Å². The molecule has 138 valence electrons. The van der Waals surface area contributed by atoms with Crippen molar-refractivity contribution in [1.82, 2.24) is 10.0 Å². The van der Waals surface area contributed by atoms with Crippen LogP contribution in [-0.2, 0) is 16.6 Å². The molecule has 2 rings (SSSR count). The highest BCUT2D eigenvalue weighted by molar-refractivity contribution is 7.89. The summed E-state index contributed by atoms with van der Waals surface area (Å²) in [6.07, 6.45) is 0. The number of thiophene rings is 1. The summed E-state index contributed by atoms with van der Waals surface area (Å²) in [6.45, 7) is 4.19. The Labute approximate surface area is 158 Å². The average molecular weight is 404 g/mol. The molecule has 0 radical (unpaired) electrons. The minimum Gasteiger partial charge on any atom is -0.350 e. The fourth-order valence-corrected chi connectivity index (χ4v) is 3.60. The second kappa shape index (κ2) is 8.77. The van der Waals surface area contributed by atoms with E-state index in [4.69, 9.17) is 5.73 Å². The van der Waals surface area contributed by atoms with E-state index >= 15 is 0 Å². The molecule has 0 aliphatic carbocycles. The number of nitrogens with two attached hydrogens (primary N) is 1. The van der Waals surface area contributed by atoms with Gasteiger partial charge in [-0.25, -0.2) is 13.1 Å². The molecular weight excluding hydrogens is 382 g/mol. The Bertz CT molecular complexity index is 783. The fraction of sp³-hybridized carbons (Fsp3) is 0.312. The maximum atomic E-state index is 12.2. The second-order valence-corrected chi connectivity index (χ2v) is 8.90. The maximum absolute atomic E-state index is 12.2. The minimum atomic E-state index is -3.61. The Morgan fingerprint density at radius 2 is 1.84 bits per heavy atom. The quantitative estimate of drug-likeness (QED) is 0.658. The van der Waals surface area contributed by atoms with Crippen LogP contribution < -0.4 is 15.8 Å². The van der Waals surface area contributed by atoms with Crippen LogP contribution >= 0.6 is 23.7 Å².